The quantitative estimate of drug-likeness (QED) is 0.768. The number of halogens is 3. The van der Waals surface area contributed by atoms with Crippen molar-refractivity contribution in [2.45, 2.75) is 6.18 Å². The van der Waals surface area contributed by atoms with Crippen molar-refractivity contribution in [2.75, 3.05) is 0 Å². The molecule has 0 unspecified atom stereocenters. The van der Waals surface area contributed by atoms with Crippen LogP contribution in [-0.4, -0.2) is 14.9 Å². The Kier molecular flexibility index (Phi) is 3.36. The molecule has 1 N–H and O–H groups in total. The van der Waals surface area contributed by atoms with Crippen molar-refractivity contribution in [3.63, 3.8) is 0 Å². The van der Waals surface area contributed by atoms with E-state index in [4.69, 9.17) is 0 Å². The summed E-state index contributed by atoms with van der Waals surface area (Å²) in [5.74, 6) is -0.196. The van der Waals surface area contributed by atoms with Crippen LogP contribution in [0.4, 0.5) is 13.2 Å². The maximum absolute atomic E-state index is 12.6. The third kappa shape index (κ3) is 2.67. The van der Waals surface area contributed by atoms with Crippen LogP contribution in [0.25, 0.3) is 16.9 Å². The molecule has 1 heterocycles. The minimum absolute atomic E-state index is 0.196. The summed E-state index contributed by atoms with van der Waals surface area (Å²) >= 11 is 0. The van der Waals surface area contributed by atoms with Crippen LogP contribution < -0.4 is 0 Å². The number of aromatic hydroxyl groups is 1. The summed E-state index contributed by atoms with van der Waals surface area (Å²) in [6.07, 6.45) is -4.37. The van der Waals surface area contributed by atoms with E-state index in [0.29, 0.717) is 16.9 Å². The molecule has 22 heavy (non-hydrogen) atoms. The number of rotatable bonds is 2. The molecule has 3 rings (SSSR count). The Hall–Kier alpha value is -2.76. The van der Waals surface area contributed by atoms with E-state index in [1.54, 1.807) is 12.1 Å². The van der Waals surface area contributed by atoms with Crippen LogP contribution >= 0.6 is 0 Å². The number of aromatic nitrogens is 2. The fourth-order valence-electron chi connectivity index (χ4n) is 2.17. The summed E-state index contributed by atoms with van der Waals surface area (Å²) in [6.45, 7) is 0. The average Bonchev–Trinajstić information content (AvgIpc) is 2.89. The molecular weight excluding hydrogens is 293 g/mol. The first-order valence-corrected chi connectivity index (χ1v) is 6.47. The maximum Gasteiger partial charge on any atom is 0.416 e. The summed E-state index contributed by atoms with van der Waals surface area (Å²) in [5.41, 5.74) is 1.03. The smallest absolute Gasteiger partial charge is 0.416 e. The molecule has 0 atom stereocenters. The van der Waals surface area contributed by atoms with Crippen LogP contribution in [0, 0.1) is 0 Å². The van der Waals surface area contributed by atoms with Crippen molar-refractivity contribution in [3.8, 4) is 22.8 Å². The predicted octanol–water partition coefficient (Wildman–Crippen LogP) is 4.26. The number of hydrogen-bond acceptors (Lipinski definition) is 2. The monoisotopic (exact) mass is 304 g/mol. The highest BCUT2D eigenvalue weighted by atomic mass is 19.4. The van der Waals surface area contributed by atoms with E-state index >= 15 is 0 Å². The van der Waals surface area contributed by atoms with E-state index in [0.717, 1.165) is 12.1 Å². The van der Waals surface area contributed by atoms with Crippen molar-refractivity contribution in [1.82, 2.24) is 9.78 Å². The van der Waals surface area contributed by atoms with Crippen LogP contribution in [0.2, 0.25) is 0 Å². The lowest BCUT2D eigenvalue weighted by molar-refractivity contribution is -0.137. The third-order valence-corrected chi connectivity index (χ3v) is 3.21. The summed E-state index contributed by atoms with van der Waals surface area (Å²) in [6, 6.07) is 15.2. The van der Waals surface area contributed by atoms with Gasteiger partial charge in [-0.05, 0) is 24.3 Å². The first kappa shape index (κ1) is 14.2. The van der Waals surface area contributed by atoms with Crippen molar-refractivity contribution >= 4 is 0 Å². The molecule has 0 bridgehead atoms. The minimum atomic E-state index is -4.37. The van der Waals surface area contributed by atoms with E-state index in [1.165, 1.54) is 22.9 Å². The Morgan fingerprint density at radius 3 is 2.14 bits per heavy atom. The Morgan fingerprint density at radius 1 is 0.909 bits per heavy atom. The van der Waals surface area contributed by atoms with Gasteiger partial charge < -0.3 is 5.11 Å². The topological polar surface area (TPSA) is 38.0 Å². The van der Waals surface area contributed by atoms with Gasteiger partial charge in [-0.25, -0.2) is 4.68 Å². The first-order valence-electron chi connectivity index (χ1n) is 6.47. The van der Waals surface area contributed by atoms with Crippen LogP contribution in [0.5, 0.6) is 5.88 Å². The second kappa shape index (κ2) is 5.22. The molecule has 3 nitrogen and oxygen atoms in total. The number of alkyl halides is 3. The Labute approximate surface area is 124 Å². The molecule has 2 aromatic carbocycles. The van der Waals surface area contributed by atoms with E-state index in [1.807, 2.05) is 18.2 Å². The lowest BCUT2D eigenvalue weighted by atomic mass is 10.1. The zero-order valence-electron chi connectivity index (χ0n) is 11.2. The molecular formula is C16H11F3N2O. The molecule has 6 heteroatoms. The molecule has 0 aliphatic heterocycles. The van der Waals surface area contributed by atoms with E-state index < -0.39 is 11.7 Å². The van der Waals surface area contributed by atoms with Crippen molar-refractivity contribution in [3.05, 3.63) is 66.2 Å². The predicted molar refractivity (Wildman–Crippen MR) is 75.7 cm³/mol. The summed E-state index contributed by atoms with van der Waals surface area (Å²) < 4.78 is 39.3. The normalized spacial score (nSPS) is 11.6. The molecule has 0 radical (unpaired) electrons. The van der Waals surface area contributed by atoms with Gasteiger partial charge >= 0.3 is 6.18 Å². The Balaban J connectivity index is 2.06. The van der Waals surface area contributed by atoms with Crippen molar-refractivity contribution < 1.29 is 18.3 Å². The third-order valence-electron chi connectivity index (χ3n) is 3.21. The van der Waals surface area contributed by atoms with Gasteiger partial charge in [-0.1, -0.05) is 30.3 Å². The zero-order chi connectivity index (χ0) is 15.7. The maximum atomic E-state index is 12.6. The van der Waals surface area contributed by atoms with Gasteiger partial charge in [-0.2, -0.15) is 13.2 Å². The number of benzene rings is 2. The number of hydrogen-bond donors (Lipinski definition) is 1. The second-order valence-electron chi connectivity index (χ2n) is 4.71. The average molecular weight is 304 g/mol. The largest absolute Gasteiger partial charge is 0.492 e. The van der Waals surface area contributed by atoms with E-state index in [-0.39, 0.29) is 5.88 Å². The van der Waals surface area contributed by atoms with Gasteiger partial charge in [-0.15, -0.1) is 5.10 Å². The molecule has 0 spiro atoms. The van der Waals surface area contributed by atoms with E-state index in [2.05, 4.69) is 5.10 Å². The first-order chi connectivity index (χ1) is 10.4. The lowest BCUT2D eigenvalue weighted by Crippen LogP contribution is -2.04. The lowest BCUT2D eigenvalue weighted by Gasteiger charge is -2.09. The molecule has 0 amide bonds. The second-order valence-corrected chi connectivity index (χ2v) is 4.71. The Morgan fingerprint density at radius 2 is 1.55 bits per heavy atom. The van der Waals surface area contributed by atoms with Crippen LogP contribution in [0.1, 0.15) is 5.56 Å². The van der Waals surface area contributed by atoms with Gasteiger partial charge in [0.1, 0.15) is 0 Å². The van der Waals surface area contributed by atoms with Gasteiger partial charge in [0.25, 0.3) is 0 Å². The molecule has 1 aromatic heterocycles. The van der Waals surface area contributed by atoms with Crippen LogP contribution in [0.15, 0.2) is 60.7 Å². The van der Waals surface area contributed by atoms with Crippen LogP contribution in [-0.2, 0) is 6.18 Å². The number of para-hydroxylation sites is 1. The van der Waals surface area contributed by atoms with Gasteiger partial charge in [0.2, 0.25) is 5.88 Å². The molecule has 0 aliphatic rings. The van der Waals surface area contributed by atoms with Crippen molar-refractivity contribution in [2.24, 2.45) is 0 Å². The fourth-order valence-corrected chi connectivity index (χ4v) is 2.17. The van der Waals surface area contributed by atoms with Gasteiger partial charge in [-0.3, -0.25) is 0 Å². The van der Waals surface area contributed by atoms with Crippen LogP contribution in [0.3, 0.4) is 0 Å². The SMILES string of the molecule is Oc1cc(-c2ccc(C(F)(F)F)cc2)n(-c2ccccc2)n1. The summed E-state index contributed by atoms with van der Waals surface area (Å²) in [7, 11) is 0. The molecule has 0 saturated heterocycles. The molecule has 0 aliphatic carbocycles. The highest BCUT2D eigenvalue weighted by molar-refractivity contribution is 5.63. The fraction of sp³-hybridized carbons (Fsp3) is 0.0625. The van der Waals surface area contributed by atoms with Crippen molar-refractivity contribution in [1.29, 1.82) is 0 Å². The molecule has 112 valence electrons. The molecule has 0 saturated carbocycles. The Bertz CT molecular complexity index is 777. The van der Waals surface area contributed by atoms with Gasteiger partial charge in [0, 0.05) is 11.6 Å². The summed E-state index contributed by atoms with van der Waals surface area (Å²) in [5, 5.41) is 13.6. The van der Waals surface area contributed by atoms with Gasteiger partial charge in [0.15, 0.2) is 0 Å². The van der Waals surface area contributed by atoms with Gasteiger partial charge in [0.05, 0.1) is 16.9 Å². The summed E-state index contributed by atoms with van der Waals surface area (Å²) in [4.78, 5) is 0. The standard InChI is InChI=1S/C16H11F3N2O/c17-16(18,19)12-8-6-11(7-9-12)14-10-15(22)20-21(14)13-4-2-1-3-5-13/h1-10H,(H,20,22). The highest BCUT2D eigenvalue weighted by Gasteiger charge is 2.30. The molecule has 3 aromatic rings. The molecule has 0 fully saturated rings. The number of nitrogens with zero attached hydrogens (tertiary/aromatic N) is 2. The zero-order valence-corrected chi connectivity index (χ0v) is 11.2. The van der Waals surface area contributed by atoms with E-state index in [9.17, 15) is 18.3 Å². The highest BCUT2D eigenvalue weighted by Crippen LogP contribution is 2.32. The minimum Gasteiger partial charge on any atom is -0.492 e.